The topological polar surface area (TPSA) is 43.4 Å². The van der Waals surface area contributed by atoms with Crippen molar-refractivity contribution in [1.29, 1.82) is 0 Å². The van der Waals surface area contributed by atoms with Gasteiger partial charge in [0.1, 0.15) is 0 Å². The number of rotatable bonds is 6. The molecule has 0 bridgehead atoms. The summed E-state index contributed by atoms with van der Waals surface area (Å²) in [5.74, 6) is 0.657. The monoisotopic (exact) mass is 204 g/mol. The molecule has 0 heterocycles. The van der Waals surface area contributed by atoms with E-state index < -0.39 is 0 Å². The first-order chi connectivity index (χ1) is 6.16. The highest BCUT2D eigenvalue weighted by atomic mass is 32.2. The summed E-state index contributed by atoms with van der Waals surface area (Å²) < 4.78 is 4.76. The van der Waals surface area contributed by atoms with E-state index in [-0.39, 0.29) is 11.1 Å². The summed E-state index contributed by atoms with van der Waals surface area (Å²) in [5, 5.41) is 0.135. The standard InChI is InChI=1S/C9H16O3S/c1-3-12-9(11)6-4-5-7-13-8(2)10/h3-7H2,1-2H3. The molecule has 0 amide bonds. The molecule has 0 aliphatic rings. The van der Waals surface area contributed by atoms with Crippen LogP contribution in [-0.2, 0) is 14.3 Å². The van der Waals surface area contributed by atoms with Crippen LogP contribution >= 0.6 is 11.8 Å². The van der Waals surface area contributed by atoms with Crippen molar-refractivity contribution in [1.82, 2.24) is 0 Å². The molecule has 0 aromatic rings. The Labute approximate surface area is 83.2 Å². The molecule has 0 fully saturated rings. The van der Waals surface area contributed by atoms with Crippen LogP contribution < -0.4 is 0 Å². The lowest BCUT2D eigenvalue weighted by Crippen LogP contribution is -2.03. The number of esters is 1. The van der Waals surface area contributed by atoms with E-state index in [0.29, 0.717) is 13.0 Å². The first-order valence-corrected chi connectivity index (χ1v) is 5.44. The molecule has 0 spiro atoms. The molecular weight excluding hydrogens is 188 g/mol. The smallest absolute Gasteiger partial charge is 0.305 e. The minimum atomic E-state index is -0.143. The van der Waals surface area contributed by atoms with Crippen molar-refractivity contribution < 1.29 is 14.3 Å². The van der Waals surface area contributed by atoms with E-state index in [1.54, 1.807) is 13.8 Å². The van der Waals surface area contributed by atoms with Gasteiger partial charge in [0.2, 0.25) is 0 Å². The Morgan fingerprint density at radius 3 is 2.54 bits per heavy atom. The van der Waals surface area contributed by atoms with E-state index in [0.717, 1.165) is 18.6 Å². The number of hydrogen-bond donors (Lipinski definition) is 0. The molecule has 0 saturated carbocycles. The summed E-state index contributed by atoms with van der Waals surface area (Å²) in [7, 11) is 0. The van der Waals surface area contributed by atoms with Crippen LogP contribution in [0.4, 0.5) is 0 Å². The van der Waals surface area contributed by atoms with Gasteiger partial charge in [0, 0.05) is 19.1 Å². The van der Waals surface area contributed by atoms with Crippen LogP contribution in [-0.4, -0.2) is 23.4 Å². The van der Waals surface area contributed by atoms with Crippen LogP contribution in [0.2, 0.25) is 0 Å². The van der Waals surface area contributed by atoms with E-state index in [1.807, 2.05) is 0 Å². The molecule has 3 nitrogen and oxygen atoms in total. The third-order valence-electron chi connectivity index (χ3n) is 1.39. The quantitative estimate of drug-likeness (QED) is 0.490. The molecule has 0 unspecified atom stereocenters. The van der Waals surface area contributed by atoms with Gasteiger partial charge in [0.05, 0.1) is 6.61 Å². The number of unbranched alkanes of at least 4 members (excludes halogenated alkanes) is 1. The predicted octanol–water partition coefficient (Wildman–Crippen LogP) is 2.00. The van der Waals surface area contributed by atoms with Crippen molar-refractivity contribution >= 4 is 22.8 Å². The number of ether oxygens (including phenoxy) is 1. The fourth-order valence-electron chi connectivity index (χ4n) is 0.820. The number of hydrogen-bond acceptors (Lipinski definition) is 4. The Kier molecular flexibility index (Phi) is 7.79. The zero-order valence-electron chi connectivity index (χ0n) is 8.17. The summed E-state index contributed by atoms with van der Waals surface area (Å²) in [4.78, 5) is 21.4. The van der Waals surface area contributed by atoms with Gasteiger partial charge in [-0.05, 0) is 19.8 Å². The van der Waals surface area contributed by atoms with Crippen LogP contribution in [0.3, 0.4) is 0 Å². The van der Waals surface area contributed by atoms with Gasteiger partial charge in [0.25, 0.3) is 0 Å². The summed E-state index contributed by atoms with van der Waals surface area (Å²) in [6.07, 6.45) is 2.16. The van der Waals surface area contributed by atoms with Crippen LogP contribution in [0.5, 0.6) is 0 Å². The third-order valence-corrected chi connectivity index (χ3v) is 2.29. The van der Waals surface area contributed by atoms with Crippen molar-refractivity contribution in [2.24, 2.45) is 0 Å². The van der Waals surface area contributed by atoms with E-state index in [1.165, 1.54) is 11.8 Å². The van der Waals surface area contributed by atoms with E-state index >= 15 is 0 Å². The van der Waals surface area contributed by atoms with Crippen molar-refractivity contribution in [2.75, 3.05) is 12.4 Å². The van der Waals surface area contributed by atoms with E-state index in [9.17, 15) is 9.59 Å². The highest BCUT2D eigenvalue weighted by Crippen LogP contribution is 2.07. The zero-order chi connectivity index (χ0) is 10.1. The first-order valence-electron chi connectivity index (χ1n) is 4.45. The maximum atomic E-state index is 10.8. The highest BCUT2D eigenvalue weighted by molar-refractivity contribution is 8.13. The van der Waals surface area contributed by atoms with Gasteiger partial charge in [-0.1, -0.05) is 11.8 Å². The maximum absolute atomic E-state index is 10.8. The summed E-state index contributed by atoms with van der Waals surface area (Å²) >= 11 is 1.31. The predicted molar refractivity (Wildman–Crippen MR) is 53.6 cm³/mol. The van der Waals surface area contributed by atoms with Crippen molar-refractivity contribution in [3.63, 3.8) is 0 Å². The molecule has 0 aliphatic carbocycles. The largest absolute Gasteiger partial charge is 0.466 e. The first kappa shape index (κ1) is 12.5. The van der Waals surface area contributed by atoms with E-state index in [4.69, 9.17) is 4.74 Å². The van der Waals surface area contributed by atoms with Crippen LogP contribution in [0.25, 0.3) is 0 Å². The molecule has 0 rings (SSSR count). The average molecular weight is 204 g/mol. The van der Waals surface area contributed by atoms with Crippen LogP contribution in [0, 0.1) is 0 Å². The van der Waals surface area contributed by atoms with Gasteiger partial charge >= 0.3 is 5.97 Å². The SMILES string of the molecule is CCOC(=O)CCCCSC(C)=O. The molecule has 0 N–H and O–H groups in total. The Balaban J connectivity index is 3.16. The molecule has 0 radical (unpaired) electrons. The second-order valence-corrected chi connectivity index (χ2v) is 3.87. The summed E-state index contributed by atoms with van der Waals surface area (Å²) in [6, 6.07) is 0. The molecule has 13 heavy (non-hydrogen) atoms. The van der Waals surface area contributed by atoms with Crippen LogP contribution in [0.15, 0.2) is 0 Å². The summed E-state index contributed by atoms with van der Waals surface area (Å²) in [5.41, 5.74) is 0. The normalized spacial score (nSPS) is 9.69. The van der Waals surface area contributed by atoms with Gasteiger partial charge < -0.3 is 4.74 Å². The molecule has 0 aromatic heterocycles. The Hall–Kier alpha value is -0.510. The van der Waals surface area contributed by atoms with E-state index in [2.05, 4.69) is 0 Å². The molecule has 0 saturated heterocycles. The second kappa shape index (κ2) is 8.10. The molecule has 0 aromatic carbocycles. The molecule has 0 aliphatic heterocycles. The zero-order valence-corrected chi connectivity index (χ0v) is 8.99. The number of carbonyl (C=O) groups is 2. The van der Waals surface area contributed by atoms with Gasteiger partial charge in [-0.2, -0.15) is 0 Å². The molecule has 4 heteroatoms. The number of carbonyl (C=O) groups excluding carboxylic acids is 2. The maximum Gasteiger partial charge on any atom is 0.305 e. The lowest BCUT2D eigenvalue weighted by atomic mass is 10.2. The Bertz CT molecular complexity index is 168. The lowest BCUT2D eigenvalue weighted by molar-refractivity contribution is -0.143. The van der Waals surface area contributed by atoms with Crippen LogP contribution in [0.1, 0.15) is 33.1 Å². The fourth-order valence-corrected chi connectivity index (χ4v) is 1.46. The van der Waals surface area contributed by atoms with Crippen molar-refractivity contribution in [3.05, 3.63) is 0 Å². The third kappa shape index (κ3) is 9.40. The van der Waals surface area contributed by atoms with Gasteiger partial charge in [-0.3, -0.25) is 9.59 Å². The van der Waals surface area contributed by atoms with Crippen molar-refractivity contribution in [3.8, 4) is 0 Å². The summed E-state index contributed by atoms with van der Waals surface area (Å²) in [6.45, 7) is 3.79. The molecular formula is C9H16O3S. The average Bonchev–Trinajstić information content (AvgIpc) is 2.03. The van der Waals surface area contributed by atoms with Gasteiger partial charge in [-0.15, -0.1) is 0 Å². The van der Waals surface area contributed by atoms with Gasteiger partial charge in [-0.25, -0.2) is 0 Å². The van der Waals surface area contributed by atoms with Gasteiger partial charge in [0.15, 0.2) is 5.12 Å². The highest BCUT2D eigenvalue weighted by Gasteiger charge is 2.01. The fraction of sp³-hybridized carbons (Fsp3) is 0.778. The molecule has 0 atom stereocenters. The lowest BCUT2D eigenvalue weighted by Gasteiger charge is -2.00. The second-order valence-electron chi connectivity index (χ2n) is 2.60. The number of thioether (sulfide) groups is 1. The Morgan fingerprint density at radius 1 is 1.31 bits per heavy atom. The minimum Gasteiger partial charge on any atom is -0.466 e. The minimum absolute atomic E-state index is 0.135. The molecule has 76 valence electrons. The van der Waals surface area contributed by atoms with Crippen molar-refractivity contribution in [2.45, 2.75) is 33.1 Å². The Morgan fingerprint density at radius 2 is 2.00 bits per heavy atom.